The Balaban J connectivity index is 1.72. The van der Waals surface area contributed by atoms with Crippen molar-refractivity contribution in [2.24, 2.45) is 11.1 Å². The first-order chi connectivity index (χ1) is 8.04. The van der Waals surface area contributed by atoms with Crippen LogP contribution >= 0.6 is 0 Å². The highest BCUT2D eigenvalue weighted by Crippen LogP contribution is 2.36. The quantitative estimate of drug-likeness (QED) is 0.743. The zero-order chi connectivity index (χ0) is 12.5. The van der Waals surface area contributed by atoms with E-state index in [1.807, 2.05) is 6.92 Å². The number of hydrogen-bond acceptors (Lipinski definition) is 3. The summed E-state index contributed by atoms with van der Waals surface area (Å²) >= 11 is 0. The number of likely N-dealkylation sites (N-methyl/N-ethyl adjacent to an activating group) is 1. The van der Waals surface area contributed by atoms with E-state index in [0.717, 1.165) is 38.4 Å². The molecule has 17 heavy (non-hydrogen) atoms. The minimum absolute atomic E-state index is 0.0312. The lowest BCUT2D eigenvalue weighted by atomic mass is 9.84. The number of amides is 1. The van der Waals surface area contributed by atoms with Gasteiger partial charge in [0.05, 0.1) is 5.41 Å². The molecule has 2 aliphatic rings. The van der Waals surface area contributed by atoms with E-state index in [4.69, 9.17) is 5.73 Å². The van der Waals surface area contributed by atoms with Crippen molar-refractivity contribution in [1.29, 1.82) is 0 Å². The van der Waals surface area contributed by atoms with E-state index in [9.17, 15) is 4.79 Å². The number of carbonyl (C=O) groups excluding carboxylic acids is 1. The third kappa shape index (κ3) is 2.80. The molecule has 4 heteroatoms. The standard InChI is InChI=1S/C13H25N3O/c1-13(7-3-4-11(13)14)12(17)15-8-9-16(2)10-5-6-10/h10-11H,3-9,14H2,1-2H3,(H,15,17). The second-order valence-electron chi connectivity index (χ2n) is 5.88. The Labute approximate surface area is 104 Å². The summed E-state index contributed by atoms with van der Waals surface area (Å²) in [6.45, 7) is 3.69. The highest BCUT2D eigenvalue weighted by atomic mass is 16.2. The molecule has 2 unspecified atom stereocenters. The van der Waals surface area contributed by atoms with Crippen LogP contribution in [0.1, 0.15) is 39.0 Å². The zero-order valence-corrected chi connectivity index (χ0v) is 11.0. The smallest absolute Gasteiger partial charge is 0.227 e. The van der Waals surface area contributed by atoms with Gasteiger partial charge in [0.15, 0.2) is 0 Å². The maximum absolute atomic E-state index is 12.1. The van der Waals surface area contributed by atoms with Crippen molar-refractivity contribution in [2.45, 2.75) is 51.1 Å². The molecule has 2 saturated carbocycles. The van der Waals surface area contributed by atoms with Gasteiger partial charge in [-0.25, -0.2) is 0 Å². The SMILES string of the molecule is CN(CCNC(=O)C1(C)CCCC1N)C1CC1. The first-order valence-electron chi connectivity index (χ1n) is 6.78. The number of hydrogen-bond donors (Lipinski definition) is 2. The van der Waals surface area contributed by atoms with Crippen LogP contribution in [0.3, 0.4) is 0 Å². The van der Waals surface area contributed by atoms with Crippen LogP contribution in [0.5, 0.6) is 0 Å². The Hall–Kier alpha value is -0.610. The van der Waals surface area contributed by atoms with Gasteiger partial charge in [-0.05, 0) is 39.7 Å². The van der Waals surface area contributed by atoms with E-state index < -0.39 is 0 Å². The van der Waals surface area contributed by atoms with Crippen molar-refractivity contribution in [3.05, 3.63) is 0 Å². The Morgan fingerprint density at radius 1 is 1.47 bits per heavy atom. The summed E-state index contributed by atoms with van der Waals surface area (Å²) in [4.78, 5) is 14.5. The first-order valence-corrected chi connectivity index (χ1v) is 6.78. The molecule has 0 spiro atoms. The fourth-order valence-corrected chi connectivity index (χ4v) is 2.72. The Bertz CT molecular complexity index is 290. The summed E-state index contributed by atoms with van der Waals surface area (Å²) in [5, 5.41) is 3.05. The molecule has 1 amide bonds. The van der Waals surface area contributed by atoms with Gasteiger partial charge in [0.1, 0.15) is 0 Å². The molecule has 0 heterocycles. The van der Waals surface area contributed by atoms with Crippen LogP contribution in [-0.2, 0) is 4.79 Å². The third-order valence-corrected chi connectivity index (χ3v) is 4.47. The number of carbonyl (C=O) groups is 1. The number of nitrogens with zero attached hydrogens (tertiary/aromatic N) is 1. The zero-order valence-electron chi connectivity index (χ0n) is 11.0. The van der Waals surface area contributed by atoms with Crippen LogP contribution in [-0.4, -0.2) is 43.0 Å². The summed E-state index contributed by atoms with van der Waals surface area (Å²) < 4.78 is 0. The number of nitrogens with one attached hydrogen (secondary N) is 1. The maximum Gasteiger partial charge on any atom is 0.227 e. The van der Waals surface area contributed by atoms with Crippen LogP contribution in [0, 0.1) is 5.41 Å². The van der Waals surface area contributed by atoms with Crippen LogP contribution in [0.2, 0.25) is 0 Å². The predicted molar refractivity (Wildman–Crippen MR) is 68.6 cm³/mol. The topological polar surface area (TPSA) is 58.4 Å². The van der Waals surface area contributed by atoms with Gasteiger partial charge in [-0.2, -0.15) is 0 Å². The van der Waals surface area contributed by atoms with Crippen LogP contribution in [0.4, 0.5) is 0 Å². The van der Waals surface area contributed by atoms with E-state index in [2.05, 4.69) is 17.3 Å². The number of rotatable bonds is 5. The molecular formula is C13H25N3O. The molecule has 2 aliphatic carbocycles. The third-order valence-electron chi connectivity index (χ3n) is 4.47. The van der Waals surface area contributed by atoms with E-state index in [1.165, 1.54) is 12.8 Å². The summed E-state index contributed by atoms with van der Waals surface area (Å²) in [6.07, 6.45) is 5.61. The van der Waals surface area contributed by atoms with Crippen molar-refractivity contribution < 1.29 is 4.79 Å². The monoisotopic (exact) mass is 239 g/mol. The molecule has 2 rings (SSSR count). The van der Waals surface area contributed by atoms with Crippen LogP contribution in [0.15, 0.2) is 0 Å². The molecule has 0 bridgehead atoms. The largest absolute Gasteiger partial charge is 0.354 e. The molecule has 4 nitrogen and oxygen atoms in total. The van der Waals surface area contributed by atoms with Gasteiger partial charge in [0.25, 0.3) is 0 Å². The lowest BCUT2D eigenvalue weighted by Crippen LogP contribution is -2.48. The van der Waals surface area contributed by atoms with Gasteiger partial charge in [0.2, 0.25) is 5.91 Å². The second kappa shape index (κ2) is 4.94. The van der Waals surface area contributed by atoms with Gasteiger partial charge >= 0.3 is 0 Å². The summed E-state index contributed by atoms with van der Waals surface area (Å²) in [7, 11) is 2.13. The number of nitrogens with two attached hydrogens (primary N) is 1. The molecule has 0 aromatic rings. The minimum Gasteiger partial charge on any atom is -0.354 e. The summed E-state index contributed by atoms with van der Waals surface area (Å²) in [5.41, 5.74) is 5.70. The van der Waals surface area contributed by atoms with E-state index in [1.54, 1.807) is 0 Å². The van der Waals surface area contributed by atoms with Crippen molar-refractivity contribution in [3.8, 4) is 0 Å². The molecule has 0 aliphatic heterocycles. The molecule has 0 saturated heterocycles. The molecule has 0 radical (unpaired) electrons. The highest BCUT2D eigenvalue weighted by Gasteiger charge is 2.42. The van der Waals surface area contributed by atoms with Gasteiger partial charge in [0, 0.05) is 25.2 Å². The van der Waals surface area contributed by atoms with Crippen molar-refractivity contribution >= 4 is 5.91 Å². The Morgan fingerprint density at radius 2 is 2.18 bits per heavy atom. The highest BCUT2D eigenvalue weighted by molar-refractivity contribution is 5.83. The fourth-order valence-electron chi connectivity index (χ4n) is 2.72. The minimum atomic E-state index is -0.335. The van der Waals surface area contributed by atoms with Gasteiger partial charge < -0.3 is 16.0 Å². The molecular weight excluding hydrogens is 214 g/mol. The van der Waals surface area contributed by atoms with Crippen molar-refractivity contribution in [2.75, 3.05) is 20.1 Å². The van der Waals surface area contributed by atoms with Crippen molar-refractivity contribution in [3.63, 3.8) is 0 Å². The van der Waals surface area contributed by atoms with E-state index >= 15 is 0 Å². The average molecular weight is 239 g/mol. The molecule has 2 fully saturated rings. The van der Waals surface area contributed by atoms with Crippen LogP contribution in [0.25, 0.3) is 0 Å². The first kappa shape index (κ1) is 12.8. The Morgan fingerprint density at radius 3 is 2.71 bits per heavy atom. The van der Waals surface area contributed by atoms with Gasteiger partial charge in [-0.3, -0.25) is 4.79 Å². The second-order valence-corrected chi connectivity index (χ2v) is 5.88. The maximum atomic E-state index is 12.1. The van der Waals surface area contributed by atoms with Crippen LogP contribution < -0.4 is 11.1 Å². The Kier molecular flexibility index (Phi) is 3.73. The van der Waals surface area contributed by atoms with Gasteiger partial charge in [-0.15, -0.1) is 0 Å². The molecule has 98 valence electrons. The predicted octanol–water partition coefficient (Wildman–Crippen LogP) is 0.714. The molecule has 0 aromatic carbocycles. The average Bonchev–Trinajstić information content (AvgIpc) is 3.07. The van der Waals surface area contributed by atoms with E-state index in [0.29, 0.717) is 0 Å². The van der Waals surface area contributed by atoms with Crippen molar-refractivity contribution in [1.82, 2.24) is 10.2 Å². The van der Waals surface area contributed by atoms with E-state index in [-0.39, 0.29) is 17.4 Å². The molecule has 0 aromatic heterocycles. The lowest BCUT2D eigenvalue weighted by molar-refractivity contribution is -0.130. The summed E-state index contributed by atoms with van der Waals surface area (Å²) in [6, 6.07) is 0.792. The van der Waals surface area contributed by atoms with Gasteiger partial charge in [-0.1, -0.05) is 6.42 Å². The normalized spacial score (nSPS) is 33.1. The lowest BCUT2D eigenvalue weighted by Gasteiger charge is -2.28. The molecule has 2 atom stereocenters. The fraction of sp³-hybridized carbons (Fsp3) is 0.923. The molecule has 3 N–H and O–H groups in total. The summed E-state index contributed by atoms with van der Waals surface area (Å²) in [5.74, 6) is 0.145.